The summed E-state index contributed by atoms with van der Waals surface area (Å²) in [5.41, 5.74) is 1.91. The third kappa shape index (κ3) is 3.71. The topological polar surface area (TPSA) is 58.4 Å². The molecule has 1 aromatic heterocycles. The van der Waals surface area contributed by atoms with E-state index < -0.39 is 5.82 Å². The average Bonchev–Trinajstić information content (AvgIpc) is 3.13. The molecule has 0 bridgehead atoms. The number of likely N-dealkylation sites (tertiary alicyclic amines) is 1. The Morgan fingerprint density at radius 2 is 1.89 bits per heavy atom. The van der Waals surface area contributed by atoms with E-state index in [4.69, 9.17) is 4.42 Å². The molecule has 0 spiro atoms. The van der Waals surface area contributed by atoms with Crippen LogP contribution in [0.2, 0.25) is 0 Å². The van der Waals surface area contributed by atoms with Gasteiger partial charge in [-0.25, -0.2) is 9.37 Å². The lowest BCUT2D eigenvalue weighted by Crippen LogP contribution is -2.45. The number of hydrogen-bond donors (Lipinski definition) is 1. The van der Waals surface area contributed by atoms with Gasteiger partial charge < -0.3 is 9.73 Å². The maximum Gasteiger partial charge on any atom is 0.241 e. The second-order valence-electron chi connectivity index (χ2n) is 6.98. The zero-order chi connectivity index (χ0) is 18.8. The fourth-order valence-electron chi connectivity index (χ4n) is 3.56. The summed E-state index contributed by atoms with van der Waals surface area (Å²) in [6.07, 6.45) is 1.76. The number of aromatic nitrogens is 1. The maximum absolute atomic E-state index is 13.7. The maximum atomic E-state index is 13.7. The highest BCUT2D eigenvalue weighted by molar-refractivity contribution is 5.94. The first kappa shape index (κ1) is 17.7. The van der Waals surface area contributed by atoms with E-state index in [1.54, 1.807) is 18.2 Å². The lowest BCUT2D eigenvalue weighted by molar-refractivity contribution is -0.121. The first-order chi connectivity index (χ1) is 13.1. The highest BCUT2D eigenvalue weighted by atomic mass is 19.1. The molecule has 2 heterocycles. The summed E-state index contributed by atoms with van der Waals surface area (Å²) in [7, 11) is 0. The van der Waals surface area contributed by atoms with Crippen molar-refractivity contribution >= 4 is 22.7 Å². The molecule has 1 aliphatic rings. The number of anilines is 1. The number of carbonyl (C=O) groups excluding carboxylic acids is 1. The van der Waals surface area contributed by atoms with Gasteiger partial charge in [0.2, 0.25) is 5.91 Å². The fraction of sp³-hybridized carbons (Fsp3) is 0.333. The molecule has 1 fully saturated rings. The van der Waals surface area contributed by atoms with Crippen LogP contribution >= 0.6 is 0 Å². The normalized spacial score (nSPS) is 17.1. The van der Waals surface area contributed by atoms with Crippen molar-refractivity contribution in [1.29, 1.82) is 0 Å². The molecule has 5 nitrogen and oxygen atoms in total. The number of carbonyl (C=O) groups is 1. The van der Waals surface area contributed by atoms with Crippen molar-refractivity contribution in [3.63, 3.8) is 0 Å². The molecule has 1 unspecified atom stereocenters. The number of oxazole rings is 1. The van der Waals surface area contributed by atoms with Crippen LogP contribution in [0.25, 0.3) is 11.1 Å². The smallest absolute Gasteiger partial charge is 0.241 e. The van der Waals surface area contributed by atoms with E-state index in [0.717, 1.165) is 42.9 Å². The number of para-hydroxylation sites is 3. The minimum atomic E-state index is -0.423. The summed E-state index contributed by atoms with van der Waals surface area (Å²) in [6.45, 7) is 3.40. The Balaban J connectivity index is 1.36. The molecule has 0 radical (unpaired) electrons. The van der Waals surface area contributed by atoms with E-state index >= 15 is 0 Å². The fourth-order valence-corrected chi connectivity index (χ4v) is 3.56. The van der Waals surface area contributed by atoms with Crippen LogP contribution in [-0.2, 0) is 4.79 Å². The van der Waals surface area contributed by atoms with Gasteiger partial charge in [0.25, 0.3) is 0 Å². The van der Waals surface area contributed by atoms with Gasteiger partial charge in [-0.15, -0.1) is 0 Å². The molecule has 1 saturated heterocycles. The van der Waals surface area contributed by atoms with Crippen molar-refractivity contribution in [3.05, 3.63) is 60.2 Å². The summed E-state index contributed by atoms with van der Waals surface area (Å²) in [4.78, 5) is 19.2. The molecule has 0 aliphatic carbocycles. The molecule has 0 saturated carbocycles. The molecule has 140 valence electrons. The summed E-state index contributed by atoms with van der Waals surface area (Å²) >= 11 is 0. The molecule has 1 atom stereocenters. The predicted octanol–water partition coefficient (Wildman–Crippen LogP) is 4.17. The van der Waals surface area contributed by atoms with Crippen molar-refractivity contribution in [3.8, 4) is 0 Å². The van der Waals surface area contributed by atoms with Gasteiger partial charge in [0, 0.05) is 5.92 Å². The van der Waals surface area contributed by atoms with Gasteiger partial charge in [0.1, 0.15) is 11.3 Å². The van der Waals surface area contributed by atoms with Gasteiger partial charge >= 0.3 is 0 Å². The van der Waals surface area contributed by atoms with E-state index in [1.807, 2.05) is 31.2 Å². The average molecular weight is 367 g/mol. The zero-order valence-corrected chi connectivity index (χ0v) is 15.2. The molecule has 1 N–H and O–H groups in total. The number of hydrogen-bond acceptors (Lipinski definition) is 4. The predicted molar refractivity (Wildman–Crippen MR) is 102 cm³/mol. The van der Waals surface area contributed by atoms with Crippen molar-refractivity contribution in [2.24, 2.45) is 0 Å². The van der Waals surface area contributed by atoms with Gasteiger partial charge in [-0.2, -0.15) is 0 Å². The Hall–Kier alpha value is -2.73. The van der Waals surface area contributed by atoms with Crippen molar-refractivity contribution in [2.75, 3.05) is 18.4 Å². The lowest BCUT2D eigenvalue weighted by Gasteiger charge is -2.34. The molecule has 27 heavy (non-hydrogen) atoms. The van der Waals surface area contributed by atoms with Crippen LogP contribution < -0.4 is 5.32 Å². The third-order valence-corrected chi connectivity index (χ3v) is 5.25. The highest BCUT2D eigenvalue weighted by Crippen LogP contribution is 2.30. The van der Waals surface area contributed by atoms with E-state index in [1.165, 1.54) is 6.07 Å². The van der Waals surface area contributed by atoms with Crippen LogP contribution in [0.1, 0.15) is 31.6 Å². The first-order valence-electron chi connectivity index (χ1n) is 9.27. The molecule has 1 amide bonds. The minimum absolute atomic E-state index is 0.194. The van der Waals surface area contributed by atoms with Crippen molar-refractivity contribution < 1.29 is 13.6 Å². The molecule has 6 heteroatoms. The zero-order valence-electron chi connectivity index (χ0n) is 15.2. The van der Waals surface area contributed by atoms with Gasteiger partial charge in [0.15, 0.2) is 11.5 Å². The van der Waals surface area contributed by atoms with Crippen LogP contribution in [0.3, 0.4) is 0 Å². The summed E-state index contributed by atoms with van der Waals surface area (Å²) in [6, 6.07) is 13.7. The Labute approximate surface area is 157 Å². The monoisotopic (exact) mass is 367 g/mol. The largest absolute Gasteiger partial charge is 0.440 e. The van der Waals surface area contributed by atoms with Crippen LogP contribution in [0.5, 0.6) is 0 Å². The van der Waals surface area contributed by atoms with Gasteiger partial charge in [-0.05, 0) is 57.1 Å². The van der Waals surface area contributed by atoms with Crippen LogP contribution in [-0.4, -0.2) is 34.9 Å². The molecule has 3 aromatic rings. The summed E-state index contributed by atoms with van der Waals surface area (Å²) < 4.78 is 19.6. The molecule has 4 rings (SSSR count). The molecule has 2 aromatic carbocycles. The SMILES string of the molecule is CC(C(=O)Nc1ccccc1F)N1CCC(c2nc3ccccc3o2)CC1. The van der Waals surface area contributed by atoms with Gasteiger partial charge in [-0.1, -0.05) is 24.3 Å². The van der Waals surface area contributed by atoms with Crippen molar-refractivity contribution in [2.45, 2.75) is 31.7 Å². The second-order valence-corrected chi connectivity index (χ2v) is 6.98. The molecular formula is C21H22FN3O2. The number of piperidine rings is 1. The van der Waals surface area contributed by atoms with Crippen LogP contribution in [0, 0.1) is 5.82 Å². The third-order valence-electron chi connectivity index (χ3n) is 5.25. The number of nitrogens with zero attached hydrogens (tertiary/aromatic N) is 2. The van der Waals surface area contributed by atoms with E-state index in [2.05, 4.69) is 15.2 Å². The summed E-state index contributed by atoms with van der Waals surface area (Å²) in [5.74, 6) is 0.419. The molecule has 1 aliphatic heterocycles. The highest BCUT2D eigenvalue weighted by Gasteiger charge is 2.29. The Morgan fingerprint density at radius 3 is 2.63 bits per heavy atom. The Morgan fingerprint density at radius 1 is 1.19 bits per heavy atom. The minimum Gasteiger partial charge on any atom is -0.440 e. The second kappa shape index (κ2) is 7.48. The Kier molecular flexibility index (Phi) is 4.90. The van der Waals surface area contributed by atoms with Gasteiger partial charge in [-0.3, -0.25) is 9.69 Å². The van der Waals surface area contributed by atoms with Crippen LogP contribution in [0.4, 0.5) is 10.1 Å². The number of fused-ring (bicyclic) bond motifs is 1. The van der Waals surface area contributed by atoms with E-state index in [0.29, 0.717) is 0 Å². The van der Waals surface area contributed by atoms with E-state index in [9.17, 15) is 9.18 Å². The number of rotatable bonds is 4. The number of benzene rings is 2. The molecular weight excluding hydrogens is 345 g/mol. The number of amides is 1. The van der Waals surface area contributed by atoms with Gasteiger partial charge in [0.05, 0.1) is 11.7 Å². The van der Waals surface area contributed by atoms with Crippen molar-refractivity contribution in [1.82, 2.24) is 9.88 Å². The first-order valence-corrected chi connectivity index (χ1v) is 9.27. The number of nitrogens with one attached hydrogen (secondary N) is 1. The quantitative estimate of drug-likeness (QED) is 0.752. The Bertz CT molecular complexity index is 914. The lowest BCUT2D eigenvalue weighted by atomic mass is 9.95. The van der Waals surface area contributed by atoms with Crippen LogP contribution in [0.15, 0.2) is 52.9 Å². The van der Waals surface area contributed by atoms with E-state index in [-0.39, 0.29) is 23.6 Å². The standard InChI is InChI=1S/C21H22FN3O2/c1-14(20(26)23-17-7-3-2-6-16(17)22)25-12-10-15(11-13-25)21-24-18-8-4-5-9-19(18)27-21/h2-9,14-15H,10-13H2,1H3,(H,23,26). The summed E-state index contributed by atoms with van der Waals surface area (Å²) in [5, 5.41) is 2.68. The number of halogens is 1.